The van der Waals surface area contributed by atoms with Crippen molar-refractivity contribution in [1.29, 1.82) is 0 Å². The first-order chi connectivity index (χ1) is 11.3. The second-order valence-electron chi connectivity index (χ2n) is 7.09. The molecular weight excluding hydrogens is 330 g/mol. The Balaban J connectivity index is 0.00000576. The van der Waals surface area contributed by atoms with Gasteiger partial charge in [-0.3, -0.25) is 4.90 Å². The van der Waals surface area contributed by atoms with Gasteiger partial charge in [0.15, 0.2) is 0 Å². The highest BCUT2D eigenvalue weighted by Crippen LogP contribution is 2.17. The Labute approximate surface area is 160 Å². The van der Waals surface area contributed by atoms with Crippen LogP contribution in [0.1, 0.15) is 46.6 Å². The molecule has 25 heavy (non-hydrogen) atoms. The zero-order chi connectivity index (χ0) is 18.0. The highest BCUT2D eigenvalue weighted by atomic mass is 35.5. The molecule has 0 saturated carbocycles. The van der Waals surface area contributed by atoms with Gasteiger partial charge in [0, 0.05) is 18.5 Å². The molecule has 0 unspecified atom stereocenters. The van der Waals surface area contributed by atoms with Crippen molar-refractivity contribution in [3.05, 3.63) is 53.8 Å². The average Bonchev–Trinajstić information content (AvgIpc) is 2.46. The van der Waals surface area contributed by atoms with Crippen LogP contribution in [-0.4, -0.2) is 18.5 Å². The van der Waals surface area contributed by atoms with Gasteiger partial charge in [-0.1, -0.05) is 37.0 Å². The molecule has 0 amide bonds. The van der Waals surface area contributed by atoms with Crippen molar-refractivity contribution in [2.75, 3.05) is 13.6 Å². The van der Waals surface area contributed by atoms with Crippen molar-refractivity contribution in [3.63, 3.8) is 0 Å². The van der Waals surface area contributed by atoms with Crippen LogP contribution in [-0.2, 0) is 6.54 Å². The molecule has 0 spiro atoms. The van der Waals surface area contributed by atoms with Gasteiger partial charge in [-0.05, 0) is 71.0 Å². The number of hydrogen-bond acceptors (Lipinski definition) is 2. The standard InChI is InChI=1S/C22H31NO.ClH/c1-7-12-19(2)24-21-14-11-13-20(17-21)18-23(6)16-10-8-9-15-22(3,4)5;/h8,10-14,17H,7,16,18H2,1-6H3;1H/b10-8+,19-12+;. The second kappa shape index (κ2) is 11.8. The van der Waals surface area contributed by atoms with Crippen LogP contribution in [0.2, 0.25) is 0 Å². The Morgan fingerprint density at radius 3 is 2.64 bits per heavy atom. The van der Waals surface area contributed by atoms with Crippen LogP contribution in [0.3, 0.4) is 0 Å². The summed E-state index contributed by atoms with van der Waals surface area (Å²) in [6, 6.07) is 8.28. The van der Waals surface area contributed by atoms with Crippen molar-refractivity contribution in [2.45, 2.75) is 47.6 Å². The molecule has 2 nitrogen and oxygen atoms in total. The molecule has 0 saturated heterocycles. The number of hydrogen-bond donors (Lipinski definition) is 0. The molecule has 1 aromatic rings. The average molecular weight is 362 g/mol. The first kappa shape index (κ1) is 23.3. The number of rotatable bonds is 7. The second-order valence-corrected chi connectivity index (χ2v) is 7.09. The first-order valence-corrected chi connectivity index (χ1v) is 8.60. The molecule has 138 valence electrons. The molecule has 0 atom stereocenters. The van der Waals surface area contributed by atoms with Crippen molar-refractivity contribution < 1.29 is 4.74 Å². The van der Waals surface area contributed by atoms with Gasteiger partial charge in [0.1, 0.15) is 5.75 Å². The van der Waals surface area contributed by atoms with Crippen LogP contribution in [0.4, 0.5) is 0 Å². The molecule has 0 aliphatic heterocycles. The minimum atomic E-state index is 0. The van der Waals surface area contributed by atoms with Crippen LogP contribution in [0.5, 0.6) is 5.75 Å². The Kier molecular flexibility index (Phi) is 11.0. The number of ether oxygens (including phenoxy) is 1. The number of likely N-dealkylation sites (N-methyl/N-ethyl adjacent to an activating group) is 1. The fourth-order valence-electron chi connectivity index (χ4n) is 2.15. The SMILES string of the molecule is CC/C=C(\C)Oc1cccc(CN(C)C/C=C/C#CC(C)(C)C)c1.Cl. The van der Waals surface area contributed by atoms with E-state index in [9.17, 15) is 0 Å². The van der Waals surface area contributed by atoms with Gasteiger partial charge in [-0.15, -0.1) is 12.4 Å². The maximum Gasteiger partial charge on any atom is 0.127 e. The molecule has 0 aliphatic rings. The van der Waals surface area contributed by atoms with E-state index < -0.39 is 0 Å². The van der Waals surface area contributed by atoms with Crippen LogP contribution in [0, 0.1) is 17.3 Å². The van der Waals surface area contributed by atoms with E-state index in [1.165, 1.54) is 5.56 Å². The lowest BCUT2D eigenvalue weighted by atomic mass is 9.98. The number of nitrogens with zero attached hydrogens (tertiary/aromatic N) is 1. The lowest BCUT2D eigenvalue weighted by Gasteiger charge is -2.15. The van der Waals surface area contributed by atoms with E-state index in [-0.39, 0.29) is 17.8 Å². The summed E-state index contributed by atoms with van der Waals surface area (Å²) in [5.41, 5.74) is 1.30. The van der Waals surface area contributed by atoms with E-state index in [1.54, 1.807) is 0 Å². The largest absolute Gasteiger partial charge is 0.462 e. The summed E-state index contributed by atoms with van der Waals surface area (Å²) in [7, 11) is 2.11. The van der Waals surface area contributed by atoms with Crippen molar-refractivity contribution in [2.24, 2.45) is 5.41 Å². The summed E-state index contributed by atoms with van der Waals surface area (Å²) in [5, 5.41) is 0. The third-order valence-corrected chi connectivity index (χ3v) is 3.19. The predicted molar refractivity (Wildman–Crippen MR) is 111 cm³/mol. The van der Waals surface area contributed by atoms with Crippen LogP contribution < -0.4 is 4.74 Å². The third-order valence-electron chi connectivity index (χ3n) is 3.19. The topological polar surface area (TPSA) is 12.5 Å². The van der Waals surface area contributed by atoms with Crippen LogP contribution >= 0.6 is 12.4 Å². The van der Waals surface area contributed by atoms with Crippen molar-refractivity contribution >= 4 is 12.4 Å². The molecule has 3 heteroatoms. The van der Waals surface area contributed by atoms with E-state index in [2.05, 4.69) is 75.8 Å². The molecule has 0 aromatic heterocycles. The first-order valence-electron chi connectivity index (χ1n) is 8.60. The molecule has 0 fully saturated rings. The van der Waals surface area contributed by atoms with Gasteiger partial charge in [0.05, 0.1) is 5.76 Å². The van der Waals surface area contributed by atoms with E-state index >= 15 is 0 Å². The molecule has 1 rings (SSSR count). The highest BCUT2D eigenvalue weighted by Gasteiger charge is 2.03. The lowest BCUT2D eigenvalue weighted by Crippen LogP contribution is -2.17. The number of allylic oxidation sites excluding steroid dienone is 3. The summed E-state index contributed by atoms with van der Waals surface area (Å²) in [6.07, 6.45) is 7.12. The van der Waals surface area contributed by atoms with E-state index in [4.69, 9.17) is 4.74 Å². The van der Waals surface area contributed by atoms with Gasteiger partial charge in [-0.25, -0.2) is 0 Å². The molecule has 0 bridgehead atoms. The third kappa shape index (κ3) is 11.5. The Morgan fingerprint density at radius 2 is 2.00 bits per heavy atom. The zero-order valence-electron chi connectivity index (χ0n) is 16.4. The summed E-state index contributed by atoms with van der Waals surface area (Å²) in [4.78, 5) is 2.25. The normalized spacial score (nSPS) is 11.9. The minimum absolute atomic E-state index is 0. The lowest BCUT2D eigenvalue weighted by molar-refractivity contribution is 0.362. The van der Waals surface area contributed by atoms with Gasteiger partial charge in [-0.2, -0.15) is 0 Å². The van der Waals surface area contributed by atoms with Crippen molar-refractivity contribution in [3.8, 4) is 17.6 Å². The van der Waals surface area contributed by atoms with Gasteiger partial charge in [0.2, 0.25) is 0 Å². The maximum absolute atomic E-state index is 5.83. The van der Waals surface area contributed by atoms with Crippen LogP contribution in [0.25, 0.3) is 0 Å². The summed E-state index contributed by atoms with van der Waals surface area (Å²) < 4.78 is 5.83. The Bertz CT molecular complexity index is 629. The van der Waals surface area contributed by atoms with Crippen molar-refractivity contribution in [1.82, 2.24) is 4.90 Å². The molecule has 0 heterocycles. The quantitative estimate of drug-likeness (QED) is 0.447. The summed E-state index contributed by atoms with van der Waals surface area (Å²) in [5.74, 6) is 8.15. The monoisotopic (exact) mass is 361 g/mol. The fraction of sp³-hybridized carbons (Fsp3) is 0.455. The molecule has 0 radical (unpaired) electrons. The minimum Gasteiger partial charge on any atom is -0.462 e. The molecule has 0 N–H and O–H groups in total. The maximum atomic E-state index is 5.83. The highest BCUT2D eigenvalue weighted by molar-refractivity contribution is 5.85. The molecular formula is C22H32ClNO. The fourth-order valence-corrected chi connectivity index (χ4v) is 2.15. The van der Waals surface area contributed by atoms with E-state index in [1.807, 2.05) is 25.1 Å². The Hall–Kier alpha value is -1.69. The van der Waals surface area contributed by atoms with E-state index in [0.29, 0.717) is 0 Å². The van der Waals surface area contributed by atoms with Gasteiger partial charge in [0.25, 0.3) is 0 Å². The number of benzene rings is 1. The van der Waals surface area contributed by atoms with E-state index in [0.717, 1.165) is 31.0 Å². The smallest absolute Gasteiger partial charge is 0.127 e. The Morgan fingerprint density at radius 1 is 1.28 bits per heavy atom. The van der Waals surface area contributed by atoms with Gasteiger partial charge < -0.3 is 4.74 Å². The predicted octanol–water partition coefficient (Wildman–Crippen LogP) is 5.84. The molecule has 1 aromatic carbocycles. The summed E-state index contributed by atoms with van der Waals surface area (Å²) in [6.45, 7) is 12.2. The van der Waals surface area contributed by atoms with Gasteiger partial charge >= 0.3 is 0 Å². The summed E-state index contributed by atoms with van der Waals surface area (Å²) >= 11 is 0. The van der Waals surface area contributed by atoms with Crippen LogP contribution in [0.15, 0.2) is 48.3 Å². The molecule has 0 aliphatic carbocycles. The zero-order valence-corrected chi connectivity index (χ0v) is 17.2. The number of halogens is 1.